The van der Waals surface area contributed by atoms with E-state index in [-0.39, 0.29) is 6.10 Å². The number of hydrogen-bond acceptors (Lipinski definition) is 3. The average Bonchev–Trinajstić information content (AvgIpc) is 2.48. The third-order valence-electron chi connectivity index (χ3n) is 3.33. The third kappa shape index (κ3) is 2.59. The lowest BCUT2D eigenvalue weighted by Crippen LogP contribution is -2.08. The Hall–Kier alpha value is -2.42. The first-order valence-electron chi connectivity index (χ1n) is 7.14. The number of hydrogen-bond donors (Lipinski definition) is 0. The molecule has 3 rings (SSSR count). The molecule has 2 heterocycles. The van der Waals surface area contributed by atoms with E-state index >= 15 is 0 Å². The van der Waals surface area contributed by atoms with Crippen LogP contribution in [0.3, 0.4) is 0 Å². The molecule has 21 heavy (non-hydrogen) atoms. The topological polar surface area (TPSA) is 35.0 Å². The van der Waals surface area contributed by atoms with Crippen LogP contribution >= 0.6 is 0 Å². The fourth-order valence-corrected chi connectivity index (χ4v) is 2.50. The molecule has 0 aliphatic rings. The number of aryl methyl sites for hydroxylation is 1. The first-order chi connectivity index (χ1) is 10.2. The molecule has 0 saturated carbocycles. The number of pyridine rings is 2. The van der Waals surface area contributed by atoms with Gasteiger partial charge in [0.25, 0.3) is 0 Å². The first-order valence-corrected chi connectivity index (χ1v) is 7.14. The zero-order valence-corrected chi connectivity index (χ0v) is 12.5. The summed E-state index contributed by atoms with van der Waals surface area (Å²) in [4.78, 5) is 9.13. The van der Waals surface area contributed by atoms with Crippen LogP contribution in [-0.2, 0) is 0 Å². The second-order valence-electron chi connectivity index (χ2n) is 5.30. The quantitative estimate of drug-likeness (QED) is 0.712. The smallest absolute Gasteiger partial charge is 0.221 e. The van der Waals surface area contributed by atoms with E-state index in [4.69, 9.17) is 4.74 Å². The van der Waals surface area contributed by atoms with Gasteiger partial charge in [-0.2, -0.15) is 0 Å². The molecule has 106 valence electrons. The lowest BCUT2D eigenvalue weighted by atomic mass is 10.0. The van der Waals surface area contributed by atoms with E-state index in [0.29, 0.717) is 5.88 Å². The van der Waals surface area contributed by atoms with Crippen molar-refractivity contribution in [3.63, 3.8) is 0 Å². The maximum absolute atomic E-state index is 5.87. The Labute approximate surface area is 124 Å². The number of fused-ring (bicyclic) bond motifs is 1. The standard InChI is InChI=1S/C18H18N2O/c1-12(2)21-18-15-9-5-4-8-14(15)17(13(3)20-18)16-10-6-7-11-19-16/h4-12H,1-3H3. The molecule has 2 aromatic heterocycles. The molecule has 0 aliphatic heterocycles. The van der Waals surface area contributed by atoms with Gasteiger partial charge in [0.2, 0.25) is 5.88 Å². The first kappa shape index (κ1) is 13.6. The molecule has 0 spiro atoms. The van der Waals surface area contributed by atoms with E-state index < -0.39 is 0 Å². The summed E-state index contributed by atoms with van der Waals surface area (Å²) in [6.45, 7) is 6.03. The summed E-state index contributed by atoms with van der Waals surface area (Å²) in [6.07, 6.45) is 1.91. The van der Waals surface area contributed by atoms with Crippen LogP contribution in [0.4, 0.5) is 0 Å². The summed E-state index contributed by atoms with van der Waals surface area (Å²) in [5.41, 5.74) is 2.94. The van der Waals surface area contributed by atoms with Gasteiger partial charge < -0.3 is 4.74 Å². The lowest BCUT2D eigenvalue weighted by molar-refractivity contribution is 0.235. The molecule has 1 aromatic carbocycles. The van der Waals surface area contributed by atoms with Gasteiger partial charge in [0, 0.05) is 17.1 Å². The normalized spacial score (nSPS) is 11.0. The maximum atomic E-state index is 5.87. The molecule has 0 atom stereocenters. The molecule has 0 saturated heterocycles. The fraction of sp³-hybridized carbons (Fsp3) is 0.222. The average molecular weight is 278 g/mol. The molecule has 0 amide bonds. The number of benzene rings is 1. The Morgan fingerprint density at radius 2 is 1.67 bits per heavy atom. The SMILES string of the molecule is Cc1nc(OC(C)C)c2ccccc2c1-c1ccccn1. The van der Waals surface area contributed by atoms with Gasteiger partial charge in [-0.25, -0.2) is 4.98 Å². The van der Waals surface area contributed by atoms with Crippen LogP contribution in [0.1, 0.15) is 19.5 Å². The van der Waals surface area contributed by atoms with Crippen molar-refractivity contribution in [3.05, 3.63) is 54.4 Å². The van der Waals surface area contributed by atoms with Crippen LogP contribution in [0.25, 0.3) is 22.0 Å². The number of aromatic nitrogens is 2. The van der Waals surface area contributed by atoms with Crippen molar-refractivity contribution in [1.82, 2.24) is 9.97 Å². The highest BCUT2D eigenvalue weighted by atomic mass is 16.5. The Morgan fingerprint density at radius 1 is 0.952 bits per heavy atom. The molecular formula is C18H18N2O. The predicted octanol–water partition coefficient (Wildman–Crippen LogP) is 4.39. The van der Waals surface area contributed by atoms with Gasteiger partial charge in [-0.15, -0.1) is 0 Å². The van der Waals surface area contributed by atoms with Gasteiger partial charge in [-0.05, 0) is 44.4 Å². The fourth-order valence-electron chi connectivity index (χ4n) is 2.50. The van der Waals surface area contributed by atoms with Crippen LogP contribution < -0.4 is 4.74 Å². The minimum atomic E-state index is 0.0982. The zero-order chi connectivity index (χ0) is 14.8. The summed E-state index contributed by atoms with van der Waals surface area (Å²) < 4.78 is 5.87. The Balaban J connectivity index is 2.30. The lowest BCUT2D eigenvalue weighted by Gasteiger charge is -2.15. The van der Waals surface area contributed by atoms with Crippen molar-refractivity contribution >= 4 is 10.8 Å². The molecule has 0 bridgehead atoms. The van der Waals surface area contributed by atoms with Crippen molar-refractivity contribution in [2.24, 2.45) is 0 Å². The molecule has 0 unspecified atom stereocenters. The highest BCUT2D eigenvalue weighted by Gasteiger charge is 2.14. The second-order valence-corrected chi connectivity index (χ2v) is 5.30. The summed E-state index contributed by atoms with van der Waals surface area (Å²) >= 11 is 0. The van der Waals surface area contributed by atoms with Gasteiger partial charge in [-0.1, -0.05) is 24.3 Å². The zero-order valence-electron chi connectivity index (χ0n) is 12.5. The van der Waals surface area contributed by atoms with Gasteiger partial charge in [0.15, 0.2) is 0 Å². The van der Waals surface area contributed by atoms with E-state index in [9.17, 15) is 0 Å². The van der Waals surface area contributed by atoms with E-state index in [2.05, 4.69) is 16.0 Å². The minimum absolute atomic E-state index is 0.0982. The molecule has 0 aliphatic carbocycles. The van der Waals surface area contributed by atoms with Crippen molar-refractivity contribution in [1.29, 1.82) is 0 Å². The van der Waals surface area contributed by atoms with Gasteiger partial charge in [0.05, 0.1) is 17.5 Å². The summed E-state index contributed by atoms with van der Waals surface area (Å²) in [6, 6.07) is 14.1. The van der Waals surface area contributed by atoms with Crippen LogP contribution in [0.2, 0.25) is 0 Å². The largest absolute Gasteiger partial charge is 0.474 e. The molecule has 3 nitrogen and oxygen atoms in total. The molecule has 0 N–H and O–H groups in total. The molecule has 3 heteroatoms. The minimum Gasteiger partial charge on any atom is -0.474 e. The van der Waals surface area contributed by atoms with Gasteiger partial charge in [-0.3, -0.25) is 4.98 Å². The van der Waals surface area contributed by atoms with Crippen molar-refractivity contribution in [2.75, 3.05) is 0 Å². The van der Waals surface area contributed by atoms with Crippen LogP contribution in [-0.4, -0.2) is 16.1 Å². The van der Waals surface area contributed by atoms with Crippen molar-refractivity contribution in [3.8, 4) is 17.1 Å². The predicted molar refractivity (Wildman–Crippen MR) is 85.5 cm³/mol. The van der Waals surface area contributed by atoms with Crippen LogP contribution in [0.5, 0.6) is 5.88 Å². The van der Waals surface area contributed by atoms with Crippen molar-refractivity contribution in [2.45, 2.75) is 26.9 Å². The van der Waals surface area contributed by atoms with E-state index in [1.165, 1.54) is 0 Å². The van der Waals surface area contributed by atoms with E-state index in [0.717, 1.165) is 27.7 Å². The van der Waals surface area contributed by atoms with Gasteiger partial charge >= 0.3 is 0 Å². The molecule has 3 aromatic rings. The number of nitrogens with zero attached hydrogens (tertiary/aromatic N) is 2. The maximum Gasteiger partial charge on any atom is 0.221 e. The molecule has 0 radical (unpaired) electrons. The number of rotatable bonds is 3. The molecular weight excluding hydrogens is 260 g/mol. The van der Waals surface area contributed by atoms with E-state index in [1.54, 1.807) is 0 Å². The highest BCUT2D eigenvalue weighted by molar-refractivity contribution is 5.99. The Bertz CT molecular complexity index is 767. The summed E-state index contributed by atoms with van der Waals surface area (Å²) in [5.74, 6) is 0.692. The van der Waals surface area contributed by atoms with Crippen molar-refractivity contribution < 1.29 is 4.74 Å². The Kier molecular flexibility index (Phi) is 3.57. The third-order valence-corrected chi connectivity index (χ3v) is 3.33. The second kappa shape index (κ2) is 5.52. The number of ether oxygens (including phenoxy) is 1. The Morgan fingerprint density at radius 3 is 2.33 bits per heavy atom. The van der Waals surface area contributed by atoms with E-state index in [1.807, 2.05) is 63.4 Å². The summed E-state index contributed by atoms with van der Waals surface area (Å²) in [5, 5.41) is 2.15. The van der Waals surface area contributed by atoms with Crippen LogP contribution in [0, 0.1) is 6.92 Å². The highest BCUT2D eigenvalue weighted by Crippen LogP contribution is 2.34. The van der Waals surface area contributed by atoms with Crippen LogP contribution in [0.15, 0.2) is 48.7 Å². The monoisotopic (exact) mass is 278 g/mol. The van der Waals surface area contributed by atoms with Gasteiger partial charge in [0.1, 0.15) is 0 Å². The summed E-state index contributed by atoms with van der Waals surface area (Å²) in [7, 11) is 0. The molecule has 0 fully saturated rings.